The van der Waals surface area contributed by atoms with Gasteiger partial charge in [-0.25, -0.2) is 14.6 Å². The zero-order valence-electron chi connectivity index (χ0n) is 9.45. The molecule has 9 heteroatoms. The molecular weight excluding hydrogens is 275 g/mol. The Morgan fingerprint density at radius 2 is 2.00 bits per heavy atom. The molecule has 0 amide bonds. The number of carbonyl (C=O) groups is 2. The lowest BCUT2D eigenvalue weighted by atomic mass is 10.4. The monoisotopic (exact) mass is 285 g/mol. The van der Waals surface area contributed by atoms with Crippen molar-refractivity contribution in [3.8, 4) is 0 Å². The van der Waals surface area contributed by atoms with E-state index in [0.29, 0.717) is 11.5 Å². The molecule has 0 aliphatic rings. The molecule has 0 saturated heterocycles. The van der Waals surface area contributed by atoms with E-state index in [1.807, 2.05) is 0 Å². The van der Waals surface area contributed by atoms with Crippen molar-refractivity contribution in [3.05, 3.63) is 16.1 Å². The van der Waals surface area contributed by atoms with Crippen LogP contribution in [-0.2, 0) is 9.53 Å². The normalized spacial score (nSPS) is 10.3. The highest BCUT2D eigenvalue weighted by atomic mass is 32.1. The van der Waals surface area contributed by atoms with Gasteiger partial charge in [-0.15, -0.1) is 11.3 Å². The highest BCUT2D eigenvalue weighted by Gasteiger charge is 2.38. The maximum Gasteiger partial charge on any atom is 0.490 e. The van der Waals surface area contributed by atoms with Gasteiger partial charge in [-0.2, -0.15) is 13.2 Å². The first-order chi connectivity index (χ1) is 8.20. The molecule has 1 aromatic rings. The fourth-order valence-corrected chi connectivity index (χ4v) is 1.39. The number of halogens is 3. The van der Waals surface area contributed by atoms with E-state index < -0.39 is 12.1 Å². The van der Waals surface area contributed by atoms with Crippen molar-refractivity contribution in [2.24, 2.45) is 0 Å². The lowest BCUT2D eigenvalue weighted by Gasteiger charge is -1.97. The van der Waals surface area contributed by atoms with Gasteiger partial charge in [0.25, 0.3) is 0 Å². The highest BCUT2D eigenvalue weighted by Crippen LogP contribution is 2.13. The van der Waals surface area contributed by atoms with Gasteiger partial charge in [0.15, 0.2) is 0 Å². The van der Waals surface area contributed by atoms with Crippen LogP contribution < -0.4 is 0 Å². The van der Waals surface area contributed by atoms with E-state index in [9.17, 15) is 18.0 Å². The SMILES string of the molecule is CCOC(=O)c1scnc1C.O=C(O)C(F)(F)F. The Bertz CT molecular complexity index is 416. The molecule has 18 heavy (non-hydrogen) atoms. The molecule has 0 spiro atoms. The van der Waals surface area contributed by atoms with Gasteiger partial charge in [0.2, 0.25) is 0 Å². The van der Waals surface area contributed by atoms with Crippen LogP contribution in [0.15, 0.2) is 5.51 Å². The van der Waals surface area contributed by atoms with Gasteiger partial charge in [0.1, 0.15) is 4.88 Å². The number of aromatic nitrogens is 1. The van der Waals surface area contributed by atoms with Crippen molar-refractivity contribution in [3.63, 3.8) is 0 Å². The van der Waals surface area contributed by atoms with Crippen LogP contribution in [0.4, 0.5) is 13.2 Å². The molecular formula is C9H10F3NO4S. The summed E-state index contributed by atoms with van der Waals surface area (Å²) in [6, 6.07) is 0. The van der Waals surface area contributed by atoms with E-state index in [4.69, 9.17) is 14.6 Å². The number of hydrogen-bond acceptors (Lipinski definition) is 5. The molecule has 1 aromatic heterocycles. The summed E-state index contributed by atoms with van der Waals surface area (Å²) in [4.78, 5) is 24.5. The standard InChI is InChI=1S/C7H9NO2S.C2HF3O2/c1-3-10-7(9)6-5(2)8-4-11-6;3-2(4,5)1(6)7/h4H,3H2,1-2H3;(H,6,7). The van der Waals surface area contributed by atoms with Gasteiger partial charge >= 0.3 is 18.1 Å². The van der Waals surface area contributed by atoms with Gasteiger partial charge in [-0.1, -0.05) is 0 Å². The Labute approximate surface area is 104 Å². The van der Waals surface area contributed by atoms with Gasteiger partial charge in [0, 0.05) is 0 Å². The molecule has 102 valence electrons. The van der Waals surface area contributed by atoms with Gasteiger partial charge < -0.3 is 9.84 Å². The smallest absolute Gasteiger partial charge is 0.475 e. The number of carboxylic acid groups (broad SMARTS) is 1. The lowest BCUT2D eigenvalue weighted by molar-refractivity contribution is -0.192. The summed E-state index contributed by atoms with van der Waals surface area (Å²) >= 11 is 1.31. The molecule has 0 unspecified atom stereocenters. The summed E-state index contributed by atoms with van der Waals surface area (Å²) in [5.74, 6) is -3.03. The van der Waals surface area contributed by atoms with Crippen molar-refractivity contribution in [1.82, 2.24) is 4.98 Å². The van der Waals surface area contributed by atoms with E-state index in [2.05, 4.69) is 4.98 Å². The molecule has 1 rings (SSSR count). The minimum absolute atomic E-state index is 0.271. The van der Waals surface area contributed by atoms with Crippen molar-refractivity contribution >= 4 is 23.3 Å². The second-order valence-corrected chi connectivity index (χ2v) is 3.65. The number of aryl methyl sites for hydroxylation is 1. The Morgan fingerprint density at radius 3 is 2.28 bits per heavy atom. The van der Waals surface area contributed by atoms with Crippen molar-refractivity contribution in [2.45, 2.75) is 20.0 Å². The molecule has 0 saturated carbocycles. The third kappa shape index (κ3) is 5.62. The molecule has 0 aromatic carbocycles. The summed E-state index contributed by atoms with van der Waals surface area (Å²) < 4.78 is 36.5. The summed E-state index contributed by atoms with van der Waals surface area (Å²) in [5, 5.41) is 7.12. The number of aliphatic carboxylic acids is 1. The Hall–Kier alpha value is -1.64. The van der Waals surface area contributed by atoms with Crippen LogP contribution >= 0.6 is 11.3 Å². The molecule has 0 fully saturated rings. The Balaban J connectivity index is 0.000000360. The zero-order chi connectivity index (χ0) is 14.3. The van der Waals surface area contributed by atoms with E-state index in [0.717, 1.165) is 5.69 Å². The first-order valence-corrected chi connectivity index (χ1v) is 5.45. The van der Waals surface area contributed by atoms with Crippen molar-refractivity contribution in [2.75, 3.05) is 6.61 Å². The number of thiazole rings is 1. The number of carbonyl (C=O) groups excluding carboxylic acids is 1. The fourth-order valence-electron chi connectivity index (χ4n) is 0.694. The number of carboxylic acids is 1. The number of nitrogens with zero attached hydrogens (tertiary/aromatic N) is 1. The van der Waals surface area contributed by atoms with E-state index in [1.54, 1.807) is 19.4 Å². The highest BCUT2D eigenvalue weighted by molar-refractivity contribution is 7.11. The van der Waals surface area contributed by atoms with Gasteiger partial charge in [-0.3, -0.25) is 0 Å². The number of hydrogen-bond donors (Lipinski definition) is 1. The van der Waals surface area contributed by atoms with Gasteiger partial charge in [0.05, 0.1) is 17.8 Å². The second kappa shape index (κ2) is 6.94. The number of rotatable bonds is 2. The van der Waals surface area contributed by atoms with Crippen LogP contribution in [0, 0.1) is 6.92 Å². The largest absolute Gasteiger partial charge is 0.490 e. The number of alkyl halides is 3. The first kappa shape index (κ1) is 16.4. The fraction of sp³-hybridized carbons (Fsp3) is 0.444. The van der Waals surface area contributed by atoms with Crippen LogP contribution in [0.2, 0.25) is 0 Å². The summed E-state index contributed by atoms with van der Waals surface area (Å²) in [6.07, 6.45) is -5.08. The summed E-state index contributed by atoms with van der Waals surface area (Å²) in [7, 11) is 0. The van der Waals surface area contributed by atoms with Crippen LogP contribution in [0.3, 0.4) is 0 Å². The van der Waals surface area contributed by atoms with Crippen LogP contribution in [0.25, 0.3) is 0 Å². The average molecular weight is 285 g/mol. The van der Waals surface area contributed by atoms with Crippen molar-refractivity contribution in [1.29, 1.82) is 0 Å². The van der Waals surface area contributed by atoms with E-state index in [1.165, 1.54) is 11.3 Å². The molecule has 0 atom stereocenters. The molecule has 1 N–H and O–H groups in total. The number of ether oxygens (including phenoxy) is 1. The molecule has 5 nitrogen and oxygen atoms in total. The molecule has 1 heterocycles. The minimum atomic E-state index is -5.08. The summed E-state index contributed by atoms with van der Waals surface area (Å²) in [5.41, 5.74) is 2.38. The summed E-state index contributed by atoms with van der Waals surface area (Å²) in [6.45, 7) is 3.99. The third-order valence-electron chi connectivity index (χ3n) is 1.45. The maximum atomic E-state index is 11.1. The quantitative estimate of drug-likeness (QED) is 0.843. The van der Waals surface area contributed by atoms with Gasteiger partial charge in [-0.05, 0) is 13.8 Å². The van der Waals surface area contributed by atoms with Crippen LogP contribution in [0.5, 0.6) is 0 Å². The Morgan fingerprint density at radius 1 is 1.50 bits per heavy atom. The molecule has 0 aliphatic carbocycles. The lowest BCUT2D eigenvalue weighted by Crippen LogP contribution is -2.21. The van der Waals surface area contributed by atoms with E-state index in [-0.39, 0.29) is 5.97 Å². The maximum absolute atomic E-state index is 11.1. The first-order valence-electron chi connectivity index (χ1n) is 4.57. The average Bonchev–Trinajstić information content (AvgIpc) is 2.64. The van der Waals surface area contributed by atoms with Crippen LogP contribution in [-0.4, -0.2) is 34.8 Å². The van der Waals surface area contributed by atoms with E-state index >= 15 is 0 Å². The molecule has 0 radical (unpaired) electrons. The third-order valence-corrected chi connectivity index (χ3v) is 2.36. The van der Waals surface area contributed by atoms with Crippen molar-refractivity contribution < 1.29 is 32.6 Å². The predicted molar refractivity (Wildman–Crippen MR) is 56.5 cm³/mol. The predicted octanol–water partition coefficient (Wildman–Crippen LogP) is 2.26. The zero-order valence-corrected chi connectivity index (χ0v) is 10.3. The molecule has 0 bridgehead atoms. The topological polar surface area (TPSA) is 76.5 Å². The molecule has 0 aliphatic heterocycles. The van der Waals surface area contributed by atoms with Crippen LogP contribution in [0.1, 0.15) is 22.3 Å². The Kier molecular flexibility index (Phi) is 6.31. The minimum Gasteiger partial charge on any atom is -0.475 e. The number of esters is 1. The second-order valence-electron chi connectivity index (χ2n) is 2.79.